The molecule has 0 aliphatic carbocycles. The Bertz CT molecular complexity index is 945. The lowest BCUT2D eigenvalue weighted by Crippen LogP contribution is -2.39. The Morgan fingerprint density at radius 1 is 0.711 bits per heavy atom. The molecule has 0 fully saturated rings. The van der Waals surface area contributed by atoms with Crippen LogP contribution in [0.25, 0.3) is 0 Å². The van der Waals surface area contributed by atoms with Gasteiger partial charge in [-0.05, 0) is 50.8 Å². The van der Waals surface area contributed by atoms with Gasteiger partial charge in [-0.1, -0.05) is 60.5 Å². The maximum atomic E-state index is 12.6. The number of carbonyl (C=O) groups is 4. The SMILES string of the molecule is CCCC(C)C(=O)Oc1ccc(C[C@H](N)C(=O)O[C@@H](C)[C@H](C)OC(=O)C(C)C)cc1OC(=O)C(C)CCC. The lowest BCUT2D eigenvalue weighted by molar-refractivity contribution is -0.168. The minimum atomic E-state index is -1.02. The average molecular weight is 536 g/mol. The van der Waals surface area contributed by atoms with Crippen LogP contribution in [-0.4, -0.2) is 42.1 Å². The fraction of sp³-hybridized carbons (Fsp3) is 0.655. The molecule has 0 saturated heterocycles. The summed E-state index contributed by atoms with van der Waals surface area (Å²) < 4.78 is 21.9. The highest BCUT2D eigenvalue weighted by Crippen LogP contribution is 2.31. The Labute approximate surface area is 226 Å². The average Bonchev–Trinajstić information content (AvgIpc) is 2.85. The molecule has 9 nitrogen and oxygen atoms in total. The zero-order valence-electron chi connectivity index (χ0n) is 24.1. The summed E-state index contributed by atoms with van der Waals surface area (Å²) in [6, 6.07) is 3.72. The van der Waals surface area contributed by atoms with E-state index < -0.39 is 36.2 Å². The van der Waals surface area contributed by atoms with E-state index in [9.17, 15) is 19.2 Å². The number of ether oxygens (including phenoxy) is 4. The molecule has 5 atom stereocenters. The quantitative estimate of drug-likeness (QED) is 0.249. The second-order valence-electron chi connectivity index (χ2n) is 10.3. The highest BCUT2D eigenvalue weighted by molar-refractivity contribution is 5.79. The van der Waals surface area contributed by atoms with Crippen LogP contribution in [0.4, 0.5) is 0 Å². The summed E-state index contributed by atoms with van der Waals surface area (Å²) in [5, 5.41) is 0. The molecule has 0 aliphatic rings. The highest BCUT2D eigenvalue weighted by atomic mass is 16.6. The van der Waals surface area contributed by atoms with Crippen molar-refractivity contribution in [2.75, 3.05) is 0 Å². The summed E-state index contributed by atoms with van der Waals surface area (Å²) in [4.78, 5) is 49.6. The van der Waals surface area contributed by atoms with Crippen LogP contribution in [0, 0.1) is 17.8 Å². The van der Waals surface area contributed by atoms with Gasteiger partial charge in [0.25, 0.3) is 0 Å². The molecule has 0 spiro atoms. The lowest BCUT2D eigenvalue weighted by atomic mass is 10.0. The molecule has 1 aromatic rings. The molecule has 0 aromatic heterocycles. The van der Waals surface area contributed by atoms with E-state index in [1.165, 1.54) is 6.07 Å². The van der Waals surface area contributed by atoms with Gasteiger partial charge in [-0.3, -0.25) is 19.2 Å². The number of nitrogens with two attached hydrogens (primary N) is 1. The second-order valence-corrected chi connectivity index (χ2v) is 10.3. The Hall–Kier alpha value is -2.94. The van der Waals surface area contributed by atoms with Gasteiger partial charge in [-0.25, -0.2) is 0 Å². The predicted octanol–water partition coefficient (Wildman–Crippen LogP) is 4.76. The van der Waals surface area contributed by atoms with E-state index in [-0.39, 0.29) is 41.6 Å². The zero-order chi connectivity index (χ0) is 29.0. The zero-order valence-corrected chi connectivity index (χ0v) is 24.1. The first-order valence-electron chi connectivity index (χ1n) is 13.5. The summed E-state index contributed by atoms with van der Waals surface area (Å²) >= 11 is 0. The maximum Gasteiger partial charge on any atom is 0.323 e. The number of hydrogen-bond donors (Lipinski definition) is 1. The van der Waals surface area contributed by atoms with Crippen LogP contribution in [0.2, 0.25) is 0 Å². The van der Waals surface area contributed by atoms with Crippen molar-refractivity contribution in [1.29, 1.82) is 0 Å². The molecule has 214 valence electrons. The molecule has 2 unspecified atom stereocenters. The van der Waals surface area contributed by atoms with Gasteiger partial charge < -0.3 is 24.7 Å². The molecule has 2 N–H and O–H groups in total. The van der Waals surface area contributed by atoms with Gasteiger partial charge in [0.15, 0.2) is 11.5 Å². The van der Waals surface area contributed by atoms with E-state index in [2.05, 4.69) is 0 Å². The topological polar surface area (TPSA) is 131 Å². The van der Waals surface area contributed by atoms with E-state index in [1.807, 2.05) is 13.8 Å². The maximum absolute atomic E-state index is 12.6. The van der Waals surface area contributed by atoms with Crippen LogP contribution in [0.1, 0.15) is 86.6 Å². The van der Waals surface area contributed by atoms with Crippen molar-refractivity contribution in [2.45, 2.75) is 106 Å². The van der Waals surface area contributed by atoms with Gasteiger partial charge >= 0.3 is 23.9 Å². The molecular weight excluding hydrogens is 490 g/mol. The molecule has 0 heterocycles. The predicted molar refractivity (Wildman–Crippen MR) is 143 cm³/mol. The normalized spacial score (nSPS) is 15.1. The number of esters is 4. The summed E-state index contributed by atoms with van der Waals surface area (Å²) in [7, 11) is 0. The van der Waals surface area contributed by atoms with E-state index >= 15 is 0 Å². The van der Waals surface area contributed by atoms with Crippen molar-refractivity contribution >= 4 is 23.9 Å². The summed E-state index contributed by atoms with van der Waals surface area (Å²) in [6.45, 7) is 14.2. The fourth-order valence-corrected chi connectivity index (χ4v) is 3.48. The first-order valence-corrected chi connectivity index (χ1v) is 13.5. The second kappa shape index (κ2) is 16.1. The molecule has 1 aromatic carbocycles. The monoisotopic (exact) mass is 535 g/mol. The van der Waals surface area contributed by atoms with Crippen molar-refractivity contribution in [3.8, 4) is 11.5 Å². The first-order chi connectivity index (χ1) is 17.8. The molecule has 0 aliphatic heterocycles. The van der Waals surface area contributed by atoms with Crippen molar-refractivity contribution in [1.82, 2.24) is 0 Å². The van der Waals surface area contributed by atoms with Gasteiger partial charge in [0.05, 0.1) is 17.8 Å². The van der Waals surface area contributed by atoms with E-state index in [0.29, 0.717) is 18.4 Å². The third kappa shape index (κ3) is 10.8. The molecule has 0 amide bonds. The van der Waals surface area contributed by atoms with Crippen LogP contribution in [0.3, 0.4) is 0 Å². The Morgan fingerprint density at radius 3 is 1.66 bits per heavy atom. The van der Waals surface area contributed by atoms with Crippen LogP contribution in [-0.2, 0) is 35.1 Å². The van der Waals surface area contributed by atoms with Gasteiger partial charge in [-0.2, -0.15) is 0 Å². The van der Waals surface area contributed by atoms with E-state index in [1.54, 1.807) is 53.7 Å². The van der Waals surface area contributed by atoms with Crippen LogP contribution >= 0.6 is 0 Å². The minimum absolute atomic E-state index is 0.0846. The summed E-state index contributed by atoms with van der Waals surface area (Å²) in [5.41, 5.74) is 6.69. The molecule has 0 bridgehead atoms. The largest absolute Gasteiger partial charge is 0.459 e. The number of carbonyl (C=O) groups excluding carboxylic acids is 4. The van der Waals surface area contributed by atoms with E-state index in [0.717, 1.165) is 12.8 Å². The molecule has 38 heavy (non-hydrogen) atoms. The molecule has 0 radical (unpaired) electrons. The highest BCUT2D eigenvalue weighted by Gasteiger charge is 2.26. The fourth-order valence-electron chi connectivity index (χ4n) is 3.48. The number of rotatable bonds is 15. The third-order valence-electron chi connectivity index (χ3n) is 6.17. The van der Waals surface area contributed by atoms with Gasteiger partial charge in [0.2, 0.25) is 0 Å². The summed E-state index contributed by atoms with van der Waals surface area (Å²) in [6.07, 6.45) is 1.72. The standard InChI is InChI=1S/C29H45NO8/c1-9-11-18(5)27(32)37-24-14-13-22(16-25(24)38-28(33)19(6)12-10-2)15-23(30)29(34)36-21(8)20(7)35-26(31)17(3)4/h13-14,16-21,23H,9-12,15,30H2,1-8H3/t18?,19?,20-,21-,23-/m0/s1. The molecule has 9 heteroatoms. The van der Waals surface area contributed by atoms with Crippen LogP contribution < -0.4 is 15.2 Å². The minimum Gasteiger partial charge on any atom is -0.459 e. The summed E-state index contributed by atoms with van der Waals surface area (Å²) in [5.74, 6) is -2.63. The Balaban J connectivity index is 3.02. The molecule has 0 saturated carbocycles. The van der Waals surface area contributed by atoms with E-state index in [4.69, 9.17) is 24.7 Å². The Kier molecular flexibility index (Phi) is 14.0. The molecule has 1 rings (SSSR count). The number of benzene rings is 1. The van der Waals surface area contributed by atoms with Crippen molar-refractivity contribution in [3.05, 3.63) is 23.8 Å². The lowest BCUT2D eigenvalue weighted by Gasteiger charge is -2.23. The van der Waals surface area contributed by atoms with Crippen LogP contribution in [0.15, 0.2) is 18.2 Å². The van der Waals surface area contributed by atoms with Gasteiger partial charge in [-0.15, -0.1) is 0 Å². The third-order valence-corrected chi connectivity index (χ3v) is 6.17. The number of hydrogen-bond acceptors (Lipinski definition) is 9. The van der Waals surface area contributed by atoms with Crippen molar-refractivity contribution in [3.63, 3.8) is 0 Å². The molecular formula is C29H45NO8. The van der Waals surface area contributed by atoms with Crippen molar-refractivity contribution in [2.24, 2.45) is 23.5 Å². The van der Waals surface area contributed by atoms with Crippen LogP contribution in [0.5, 0.6) is 11.5 Å². The first kappa shape index (κ1) is 33.1. The van der Waals surface area contributed by atoms with Crippen molar-refractivity contribution < 1.29 is 38.1 Å². The van der Waals surface area contributed by atoms with Gasteiger partial charge in [0, 0.05) is 0 Å². The smallest absolute Gasteiger partial charge is 0.323 e. The Morgan fingerprint density at radius 2 is 1.18 bits per heavy atom. The van der Waals surface area contributed by atoms with Gasteiger partial charge in [0.1, 0.15) is 18.2 Å².